The summed E-state index contributed by atoms with van der Waals surface area (Å²) in [5.74, 6) is 0. The Hall–Kier alpha value is -0.620. The predicted molar refractivity (Wildman–Crippen MR) is 79.1 cm³/mol. The van der Waals surface area contributed by atoms with Crippen molar-refractivity contribution in [3.63, 3.8) is 0 Å². The van der Waals surface area contributed by atoms with Crippen LogP contribution in [0.15, 0.2) is 24.3 Å². The highest BCUT2D eigenvalue weighted by molar-refractivity contribution is 7.90. The molecule has 0 saturated carbocycles. The summed E-state index contributed by atoms with van der Waals surface area (Å²) >= 11 is 0.577. The zero-order valence-corrected chi connectivity index (χ0v) is 12.7. The second-order valence-electron chi connectivity index (χ2n) is 5.24. The molecule has 1 unspecified atom stereocenters. The largest absolute Gasteiger partial charge is 0.598 e. The van der Waals surface area contributed by atoms with Gasteiger partial charge in [0.1, 0.15) is 15.8 Å². The van der Waals surface area contributed by atoms with Crippen LogP contribution in [0.4, 0.5) is 0 Å². The first-order valence-corrected chi connectivity index (χ1v) is 7.88. The maximum Gasteiger partial charge on any atom is 0.136 e. The Kier molecular flexibility index (Phi) is 3.96. The molecule has 0 aliphatic rings. The van der Waals surface area contributed by atoms with Crippen LogP contribution >= 0.6 is 11.3 Å². The smallest absolute Gasteiger partial charge is 0.136 e. The zero-order valence-electron chi connectivity index (χ0n) is 11.1. The van der Waals surface area contributed by atoms with Gasteiger partial charge in [-0.15, -0.1) is 16.1 Å². The van der Waals surface area contributed by atoms with Gasteiger partial charge in [0.15, 0.2) is 0 Å². The van der Waals surface area contributed by atoms with Gasteiger partial charge in [-0.3, -0.25) is 0 Å². The van der Waals surface area contributed by atoms with Crippen molar-refractivity contribution >= 4 is 32.9 Å². The number of benzene rings is 1. The monoisotopic (exact) mass is 282 g/mol. The number of nitrogens with zero attached hydrogens (tertiary/aromatic N) is 1. The highest BCUT2D eigenvalue weighted by Crippen LogP contribution is 2.27. The molecule has 98 valence electrons. The van der Waals surface area contributed by atoms with Crippen LogP contribution in [0.1, 0.15) is 38.7 Å². The third-order valence-electron chi connectivity index (χ3n) is 2.52. The van der Waals surface area contributed by atoms with E-state index in [4.69, 9.17) is 0 Å². The number of aromatic nitrogens is 1. The van der Waals surface area contributed by atoms with E-state index in [1.165, 1.54) is 4.70 Å². The Bertz CT molecular complexity index is 500. The molecule has 0 fully saturated rings. The van der Waals surface area contributed by atoms with E-state index in [1.54, 1.807) is 11.3 Å². The molecule has 2 atom stereocenters. The van der Waals surface area contributed by atoms with E-state index in [-0.39, 0.29) is 10.8 Å². The molecular weight excluding hydrogens is 264 g/mol. The van der Waals surface area contributed by atoms with Crippen molar-refractivity contribution in [1.29, 1.82) is 0 Å². The van der Waals surface area contributed by atoms with Crippen molar-refractivity contribution in [2.24, 2.45) is 0 Å². The van der Waals surface area contributed by atoms with Crippen LogP contribution in [0, 0.1) is 0 Å². The predicted octanol–water partition coefficient (Wildman–Crippen LogP) is 3.41. The Balaban J connectivity index is 2.16. The molecule has 2 aromatic rings. The van der Waals surface area contributed by atoms with Gasteiger partial charge in [0.2, 0.25) is 0 Å². The Morgan fingerprint density at radius 1 is 1.33 bits per heavy atom. The normalized spacial score (nSPS) is 15.8. The van der Waals surface area contributed by atoms with Gasteiger partial charge in [0, 0.05) is 11.4 Å². The molecule has 0 bridgehead atoms. The molecule has 18 heavy (non-hydrogen) atoms. The van der Waals surface area contributed by atoms with Crippen LogP contribution in [-0.4, -0.2) is 14.3 Å². The number of hydrogen-bond acceptors (Lipinski definition) is 4. The van der Waals surface area contributed by atoms with Crippen molar-refractivity contribution in [1.82, 2.24) is 9.71 Å². The first kappa shape index (κ1) is 13.8. The zero-order chi connectivity index (χ0) is 13.3. The van der Waals surface area contributed by atoms with Gasteiger partial charge in [0.05, 0.1) is 10.2 Å². The molecule has 0 amide bonds. The molecule has 0 spiro atoms. The van der Waals surface area contributed by atoms with Crippen LogP contribution < -0.4 is 4.72 Å². The number of fused-ring (bicyclic) bond motifs is 1. The first-order chi connectivity index (χ1) is 8.38. The van der Waals surface area contributed by atoms with Crippen LogP contribution in [-0.2, 0) is 11.4 Å². The summed E-state index contributed by atoms with van der Waals surface area (Å²) in [6.45, 7) is 7.88. The van der Waals surface area contributed by atoms with E-state index in [0.29, 0.717) is 0 Å². The molecule has 5 heteroatoms. The summed E-state index contributed by atoms with van der Waals surface area (Å²) in [6.07, 6.45) is 0. The lowest BCUT2D eigenvalue weighted by molar-refractivity contribution is 0.531. The van der Waals surface area contributed by atoms with Gasteiger partial charge >= 0.3 is 0 Å². The number of nitrogens with one attached hydrogen (secondary N) is 1. The lowest BCUT2D eigenvalue weighted by atomic mass is 10.3. The van der Waals surface area contributed by atoms with Crippen LogP contribution in [0.5, 0.6) is 0 Å². The van der Waals surface area contributed by atoms with Crippen LogP contribution in [0.3, 0.4) is 0 Å². The standard InChI is InChI=1S/C13H18N2OS2/c1-9(15-18(16)13(2,3)4)12-14-10-7-5-6-8-11(10)17-12/h5-9,15H,1-4H3/t9-,18?/m0/s1. The Morgan fingerprint density at radius 3 is 2.61 bits per heavy atom. The molecule has 1 N–H and O–H groups in total. The Labute approximate surface area is 115 Å². The minimum Gasteiger partial charge on any atom is -0.598 e. The summed E-state index contributed by atoms with van der Waals surface area (Å²) in [6, 6.07) is 8.06. The van der Waals surface area contributed by atoms with Crippen molar-refractivity contribution in [2.45, 2.75) is 38.5 Å². The second-order valence-corrected chi connectivity index (χ2v) is 8.30. The fraction of sp³-hybridized carbons (Fsp3) is 0.462. The third kappa shape index (κ3) is 3.03. The molecule has 1 heterocycles. The maximum atomic E-state index is 12.0. The Morgan fingerprint density at radius 2 is 2.00 bits per heavy atom. The topological polar surface area (TPSA) is 48.0 Å². The molecule has 0 radical (unpaired) electrons. The second kappa shape index (κ2) is 5.17. The van der Waals surface area contributed by atoms with E-state index >= 15 is 0 Å². The number of thiazole rings is 1. The van der Waals surface area contributed by atoms with E-state index in [2.05, 4.69) is 15.8 Å². The van der Waals surface area contributed by atoms with Crippen molar-refractivity contribution in [3.05, 3.63) is 29.3 Å². The van der Waals surface area contributed by atoms with Gasteiger partial charge < -0.3 is 4.55 Å². The lowest BCUT2D eigenvalue weighted by Gasteiger charge is -2.25. The first-order valence-electron chi connectivity index (χ1n) is 5.91. The minimum atomic E-state index is -1.07. The molecule has 0 aliphatic heterocycles. The highest BCUT2D eigenvalue weighted by Gasteiger charge is 2.29. The average Bonchev–Trinajstić information content (AvgIpc) is 2.71. The van der Waals surface area contributed by atoms with Gasteiger partial charge in [0.25, 0.3) is 0 Å². The molecule has 0 aliphatic carbocycles. The van der Waals surface area contributed by atoms with E-state index in [1.807, 2.05) is 45.9 Å². The van der Waals surface area contributed by atoms with Gasteiger partial charge in [-0.05, 0) is 39.8 Å². The molecule has 1 aromatic heterocycles. The van der Waals surface area contributed by atoms with Gasteiger partial charge in [-0.25, -0.2) is 4.98 Å². The van der Waals surface area contributed by atoms with E-state index < -0.39 is 11.4 Å². The van der Waals surface area contributed by atoms with E-state index in [9.17, 15) is 4.55 Å². The SMILES string of the molecule is C[C@H](N[S+]([O-])C(C)(C)C)c1nc2ccccc2s1. The molecule has 0 saturated heterocycles. The fourth-order valence-electron chi connectivity index (χ4n) is 1.46. The highest BCUT2D eigenvalue weighted by atomic mass is 32.2. The van der Waals surface area contributed by atoms with Crippen molar-refractivity contribution in [3.8, 4) is 0 Å². The summed E-state index contributed by atoms with van der Waals surface area (Å²) < 4.78 is 16.1. The summed E-state index contributed by atoms with van der Waals surface area (Å²) in [5.41, 5.74) is 1.01. The van der Waals surface area contributed by atoms with Gasteiger partial charge in [-0.2, -0.15) is 0 Å². The van der Waals surface area contributed by atoms with Crippen LogP contribution in [0.25, 0.3) is 10.2 Å². The summed E-state index contributed by atoms with van der Waals surface area (Å²) in [5, 5.41) is 0.980. The maximum absolute atomic E-state index is 12.0. The third-order valence-corrected chi connectivity index (χ3v) is 5.42. The quantitative estimate of drug-likeness (QED) is 0.878. The number of para-hydroxylation sites is 1. The van der Waals surface area contributed by atoms with Crippen molar-refractivity contribution in [2.75, 3.05) is 0 Å². The number of hydrogen-bond donors (Lipinski definition) is 1. The average molecular weight is 282 g/mol. The summed E-state index contributed by atoms with van der Waals surface area (Å²) in [7, 11) is 0. The van der Waals surface area contributed by atoms with Crippen molar-refractivity contribution < 1.29 is 4.55 Å². The molecule has 3 nitrogen and oxygen atoms in total. The number of rotatable bonds is 3. The molecule has 2 rings (SSSR count). The lowest BCUT2D eigenvalue weighted by Crippen LogP contribution is -2.40. The van der Waals surface area contributed by atoms with E-state index in [0.717, 1.165) is 10.5 Å². The van der Waals surface area contributed by atoms with Gasteiger partial charge in [-0.1, -0.05) is 12.1 Å². The summed E-state index contributed by atoms with van der Waals surface area (Å²) in [4.78, 5) is 4.57. The fourth-order valence-corrected chi connectivity index (χ4v) is 3.29. The molecular formula is C13H18N2OS2. The molecule has 1 aromatic carbocycles. The minimum absolute atomic E-state index is 0.00228. The van der Waals surface area contributed by atoms with Crippen LogP contribution in [0.2, 0.25) is 0 Å².